The molecule has 0 saturated heterocycles. The minimum absolute atomic E-state index is 0.107. The molecule has 0 bridgehead atoms. The fourth-order valence-electron chi connectivity index (χ4n) is 5.24. The number of hydrogen-bond donors (Lipinski definition) is 0. The first-order valence-electron chi connectivity index (χ1n) is 13.8. The van der Waals surface area contributed by atoms with Crippen molar-refractivity contribution >= 4 is 16.4 Å². The van der Waals surface area contributed by atoms with Crippen LogP contribution in [0.15, 0.2) is 36.4 Å². The van der Waals surface area contributed by atoms with E-state index in [9.17, 15) is 0 Å². The summed E-state index contributed by atoms with van der Waals surface area (Å²) in [5.74, 6) is 3.74. The van der Waals surface area contributed by atoms with E-state index in [0.29, 0.717) is 16.6 Å². The second-order valence-corrected chi connectivity index (χ2v) is 23.2. The van der Waals surface area contributed by atoms with Crippen molar-refractivity contribution < 1.29 is 4.43 Å². The zero-order chi connectivity index (χ0) is 27.5. The number of hydrogen-bond acceptors (Lipinski definition) is 2. The van der Waals surface area contributed by atoms with Crippen molar-refractivity contribution in [3.63, 3.8) is 0 Å². The van der Waals surface area contributed by atoms with Gasteiger partial charge in [0, 0.05) is 11.3 Å². The maximum atomic E-state index is 7.11. The molecule has 0 aliphatic heterocycles. The second-order valence-electron chi connectivity index (χ2n) is 12.8. The summed E-state index contributed by atoms with van der Waals surface area (Å²) >= 11 is 0. The highest BCUT2D eigenvalue weighted by molar-refractivity contribution is 6.90. The van der Waals surface area contributed by atoms with Gasteiger partial charge in [-0.2, -0.15) is 0 Å². The van der Waals surface area contributed by atoms with E-state index >= 15 is 0 Å². The Labute approximate surface area is 224 Å². The Balaban J connectivity index is 2.78. The molecular weight excluding hydrogens is 471 g/mol. The van der Waals surface area contributed by atoms with Crippen molar-refractivity contribution in [3.05, 3.63) is 64.5 Å². The smallest absolute Gasteiger partial charge is 0.193 e. The van der Waals surface area contributed by atoms with Gasteiger partial charge >= 0.3 is 0 Å². The fourth-order valence-corrected chi connectivity index (χ4v) is 11.6. The summed E-state index contributed by atoms with van der Waals surface area (Å²) < 4.78 is 7.11. The van der Waals surface area contributed by atoms with E-state index in [1.165, 1.54) is 5.56 Å². The van der Waals surface area contributed by atoms with Crippen molar-refractivity contribution in [3.8, 4) is 11.5 Å². The van der Waals surface area contributed by atoms with Crippen LogP contribution >= 0.6 is 0 Å². The molecule has 0 N–H and O–H groups in total. The highest BCUT2D eigenvalue weighted by atomic mass is 28.4. The summed E-state index contributed by atoms with van der Waals surface area (Å²) in [5, 5.41) is 0.107. The van der Waals surface area contributed by atoms with E-state index in [1.807, 2.05) is 0 Å². The van der Waals surface area contributed by atoms with Gasteiger partial charge < -0.3 is 4.43 Å². The van der Waals surface area contributed by atoms with E-state index < -0.39 is 16.4 Å². The van der Waals surface area contributed by atoms with E-state index in [1.54, 1.807) is 0 Å². The quantitative estimate of drug-likeness (QED) is 0.255. The average molecular weight is 522 g/mol. The third-order valence-corrected chi connectivity index (χ3v) is 19.3. The van der Waals surface area contributed by atoms with Crippen LogP contribution in [-0.2, 0) is 10.8 Å². The Morgan fingerprint density at radius 1 is 0.917 bits per heavy atom. The Hall–Kier alpha value is -1.68. The number of benzene rings is 1. The van der Waals surface area contributed by atoms with E-state index in [4.69, 9.17) is 9.41 Å². The first-order chi connectivity index (χ1) is 16.6. The topological polar surface area (TPSA) is 22.1 Å². The lowest BCUT2D eigenvalue weighted by molar-refractivity contribution is 0.216. The van der Waals surface area contributed by atoms with Crippen molar-refractivity contribution in [1.82, 2.24) is 4.98 Å². The molecule has 2 rings (SSSR count). The molecule has 2 nitrogen and oxygen atoms in total. The predicted molar refractivity (Wildman–Crippen MR) is 163 cm³/mol. The number of pyridine rings is 1. The summed E-state index contributed by atoms with van der Waals surface area (Å²) in [6.45, 7) is 30.2. The van der Waals surface area contributed by atoms with Crippen molar-refractivity contribution in [2.75, 3.05) is 0 Å². The Morgan fingerprint density at radius 2 is 1.44 bits per heavy atom. The molecule has 36 heavy (non-hydrogen) atoms. The van der Waals surface area contributed by atoms with Crippen LogP contribution in [-0.4, -0.2) is 21.4 Å². The van der Waals surface area contributed by atoms with Gasteiger partial charge in [0.1, 0.15) is 14.2 Å². The third kappa shape index (κ3) is 6.41. The maximum absolute atomic E-state index is 7.11. The molecule has 1 atom stereocenters. The van der Waals surface area contributed by atoms with Crippen LogP contribution in [0.5, 0.6) is 0 Å². The van der Waals surface area contributed by atoms with E-state index in [-0.39, 0.29) is 11.1 Å². The number of nitrogens with zero attached hydrogens (tertiary/aromatic N) is 1. The lowest BCUT2D eigenvalue weighted by Crippen LogP contribution is -2.43. The molecule has 2 aromatic rings. The van der Waals surface area contributed by atoms with Crippen molar-refractivity contribution in [2.24, 2.45) is 0 Å². The van der Waals surface area contributed by atoms with E-state index in [2.05, 4.69) is 137 Å². The average Bonchev–Trinajstić information content (AvgIpc) is 2.78. The maximum Gasteiger partial charge on any atom is 0.193 e. The Morgan fingerprint density at radius 3 is 1.89 bits per heavy atom. The summed E-state index contributed by atoms with van der Waals surface area (Å²) in [6, 6.07) is 12.9. The summed E-state index contributed by atoms with van der Waals surface area (Å²) in [7, 11) is -3.90. The lowest BCUT2D eigenvalue weighted by atomic mass is 9.98. The molecule has 0 radical (unpaired) electrons. The van der Waals surface area contributed by atoms with Crippen LogP contribution in [0.25, 0.3) is 0 Å². The van der Waals surface area contributed by atoms with Gasteiger partial charge in [0.15, 0.2) is 8.32 Å². The molecule has 0 fully saturated rings. The standard InChI is InChI=1S/C32H51NOSi2/c1-14-29-22-28(20-21-36(23(2)3,24(4)5)25(6)7)26(8)30(33-29)31(27-18-16-15-17-19-27)34-35(12,13)32(9,10)11/h15-19,22-25,31H,14H2,1-13H3/t31-/m0/s1. The Bertz CT molecular complexity index is 1050. The largest absolute Gasteiger partial charge is 0.404 e. The monoisotopic (exact) mass is 521 g/mol. The molecule has 0 unspecified atom stereocenters. The van der Waals surface area contributed by atoms with Gasteiger partial charge in [0.25, 0.3) is 0 Å². The van der Waals surface area contributed by atoms with Crippen LogP contribution in [0.4, 0.5) is 0 Å². The third-order valence-electron chi connectivity index (χ3n) is 8.57. The van der Waals surface area contributed by atoms with Gasteiger partial charge in [-0.15, -0.1) is 5.54 Å². The van der Waals surface area contributed by atoms with Gasteiger partial charge in [-0.05, 0) is 65.3 Å². The van der Waals surface area contributed by atoms with Crippen LogP contribution in [0.1, 0.15) is 103 Å². The number of rotatable bonds is 8. The van der Waals surface area contributed by atoms with E-state index in [0.717, 1.165) is 28.9 Å². The van der Waals surface area contributed by atoms with Gasteiger partial charge in [0.05, 0.1) is 5.69 Å². The molecule has 1 aromatic carbocycles. The van der Waals surface area contributed by atoms with Crippen LogP contribution in [0.2, 0.25) is 34.8 Å². The van der Waals surface area contributed by atoms with Gasteiger partial charge in [-0.1, -0.05) is 105 Å². The molecular formula is C32H51NOSi2. The highest BCUT2D eigenvalue weighted by Crippen LogP contribution is 2.43. The number of aryl methyl sites for hydroxylation is 1. The van der Waals surface area contributed by atoms with Gasteiger partial charge in [-0.3, -0.25) is 4.98 Å². The zero-order valence-electron chi connectivity index (χ0n) is 25.3. The molecule has 0 saturated carbocycles. The minimum atomic E-state index is -2.06. The van der Waals surface area contributed by atoms with Crippen molar-refractivity contribution in [2.45, 2.75) is 123 Å². The lowest BCUT2D eigenvalue weighted by Gasteiger charge is -2.39. The van der Waals surface area contributed by atoms with Gasteiger partial charge in [-0.25, -0.2) is 0 Å². The SMILES string of the molecule is CCc1cc(C#C[Si](C(C)C)(C(C)C)C(C)C)c(C)c([C@@H](O[Si](C)(C)C(C)(C)C)c2ccccc2)n1. The molecule has 4 heteroatoms. The van der Waals surface area contributed by atoms with Gasteiger partial charge in [0.2, 0.25) is 0 Å². The number of aromatic nitrogens is 1. The Kier molecular flexibility index (Phi) is 10.0. The highest BCUT2D eigenvalue weighted by Gasteiger charge is 2.42. The van der Waals surface area contributed by atoms with Crippen LogP contribution < -0.4 is 0 Å². The summed E-state index contributed by atoms with van der Waals surface area (Å²) in [5.41, 5.74) is 11.3. The molecule has 198 valence electrons. The molecule has 0 aliphatic rings. The summed E-state index contributed by atoms with van der Waals surface area (Å²) in [4.78, 5) is 5.18. The first kappa shape index (κ1) is 30.5. The zero-order valence-corrected chi connectivity index (χ0v) is 27.3. The first-order valence-corrected chi connectivity index (χ1v) is 19.0. The minimum Gasteiger partial charge on any atom is -0.404 e. The predicted octanol–water partition coefficient (Wildman–Crippen LogP) is 9.63. The van der Waals surface area contributed by atoms with Crippen molar-refractivity contribution in [1.29, 1.82) is 0 Å². The summed E-state index contributed by atoms with van der Waals surface area (Å²) in [6.07, 6.45) is 0.687. The molecule has 0 amide bonds. The van der Waals surface area contributed by atoms with Crippen LogP contribution in [0.3, 0.4) is 0 Å². The normalized spacial score (nSPS) is 13.8. The molecule has 1 aromatic heterocycles. The van der Waals surface area contributed by atoms with Crippen LogP contribution in [0, 0.1) is 18.4 Å². The molecule has 0 spiro atoms. The molecule has 0 aliphatic carbocycles. The second kappa shape index (κ2) is 11.8. The molecule has 1 heterocycles. The fraction of sp³-hybridized carbons (Fsp3) is 0.594.